The summed E-state index contributed by atoms with van der Waals surface area (Å²) in [5, 5.41) is 4.45. The van der Waals surface area contributed by atoms with Crippen molar-refractivity contribution in [2.24, 2.45) is 0 Å². The lowest BCUT2D eigenvalue weighted by atomic mass is 10.0. The Morgan fingerprint density at radius 3 is 2.43 bits per heavy atom. The van der Waals surface area contributed by atoms with E-state index in [9.17, 15) is 4.79 Å². The summed E-state index contributed by atoms with van der Waals surface area (Å²) in [7, 11) is 0. The number of hydrogen-bond donors (Lipinski definition) is 1. The number of esters is 1. The van der Waals surface area contributed by atoms with Gasteiger partial charge in [0.05, 0.1) is 24.5 Å². The number of rotatable bonds is 7. The van der Waals surface area contributed by atoms with Gasteiger partial charge in [0.2, 0.25) is 0 Å². The SMILES string of the molecule is CCOC(=O)CN1CCN(CC2=C(c3ccc(Cl)cc3)NC3C=CC(c4ccccc4)=CN23)CC1. The highest BCUT2D eigenvalue weighted by Gasteiger charge is 2.33. The number of carbonyl (C=O) groups excluding carboxylic acids is 1. The first-order chi connectivity index (χ1) is 17.1. The van der Waals surface area contributed by atoms with Crippen LogP contribution < -0.4 is 5.32 Å². The van der Waals surface area contributed by atoms with Crippen molar-refractivity contribution in [3.05, 3.63) is 94.8 Å². The van der Waals surface area contributed by atoms with Crippen LogP contribution in [0.2, 0.25) is 5.02 Å². The lowest BCUT2D eigenvalue weighted by molar-refractivity contribution is -0.144. The van der Waals surface area contributed by atoms with Crippen LogP contribution in [0.5, 0.6) is 0 Å². The number of ether oxygens (including phenoxy) is 1. The number of allylic oxidation sites excluding steroid dienone is 2. The van der Waals surface area contributed by atoms with E-state index in [1.54, 1.807) is 0 Å². The van der Waals surface area contributed by atoms with Gasteiger partial charge in [0.1, 0.15) is 6.17 Å². The van der Waals surface area contributed by atoms with Crippen molar-refractivity contribution in [2.45, 2.75) is 13.1 Å². The lowest BCUT2D eigenvalue weighted by Crippen LogP contribution is -2.49. The molecule has 6 nitrogen and oxygen atoms in total. The molecule has 1 fully saturated rings. The highest BCUT2D eigenvalue weighted by molar-refractivity contribution is 6.30. The van der Waals surface area contributed by atoms with Crippen LogP contribution in [-0.2, 0) is 9.53 Å². The standard InChI is InChI=1S/C28H31ClN4O2/c1-2-35-27(34)20-32-16-14-31(15-17-32)19-25-28(22-8-11-24(29)12-9-22)30-26-13-10-23(18-33(25)26)21-6-4-3-5-7-21/h3-13,18,26,30H,2,14-17,19-20H2,1H3. The van der Waals surface area contributed by atoms with Gasteiger partial charge in [-0.1, -0.05) is 60.1 Å². The number of benzene rings is 2. The number of halogens is 1. The van der Waals surface area contributed by atoms with E-state index < -0.39 is 0 Å². The molecular formula is C28H31ClN4O2. The van der Waals surface area contributed by atoms with Crippen molar-refractivity contribution in [1.29, 1.82) is 0 Å². The van der Waals surface area contributed by atoms with E-state index in [-0.39, 0.29) is 12.1 Å². The largest absolute Gasteiger partial charge is 0.465 e. The molecule has 1 unspecified atom stereocenters. The van der Waals surface area contributed by atoms with E-state index in [2.05, 4.69) is 74.8 Å². The Labute approximate surface area is 212 Å². The van der Waals surface area contributed by atoms with Crippen molar-refractivity contribution < 1.29 is 9.53 Å². The van der Waals surface area contributed by atoms with Crippen LogP contribution in [0.1, 0.15) is 18.1 Å². The highest BCUT2D eigenvalue weighted by atomic mass is 35.5. The second-order valence-electron chi connectivity index (χ2n) is 8.99. The Hall–Kier alpha value is -3.06. The first-order valence-electron chi connectivity index (χ1n) is 12.2. The molecule has 35 heavy (non-hydrogen) atoms. The fourth-order valence-electron chi connectivity index (χ4n) is 4.82. The molecule has 2 aromatic rings. The quantitative estimate of drug-likeness (QED) is 0.591. The number of piperazine rings is 1. The molecule has 5 rings (SSSR count). The van der Waals surface area contributed by atoms with Gasteiger partial charge in [0, 0.05) is 43.9 Å². The Bertz CT molecular complexity index is 1140. The minimum absolute atomic E-state index is 0.0771. The topological polar surface area (TPSA) is 48.1 Å². The van der Waals surface area contributed by atoms with E-state index in [4.69, 9.17) is 16.3 Å². The Balaban J connectivity index is 1.37. The summed E-state index contributed by atoms with van der Waals surface area (Å²) in [6.07, 6.45) is 6.75. The smallest absolute Gasteiger partial charge is 0.320 e. The first kappa shape index (κ1) is 23.7. The van der Waals surface area contributed by atoms with Gasteiger partial charge in [-0.15, -0.1) is 0 Å². The third kappa shape index (κ3) is 5.45. The summed E-state index contributed by atoms with van der Waals surface area (Å²) in [6.45, 7) is 6.97. The summed E-state index contributed by atoms with van der Waals surface area (Å²) < 4.78 is 5.12. The molecule has 7 heteroatoms. The lowest BCUT2D eigenvalue weighted by Gasteiger charge is -2.36. The molecular weight excluding hydrogens is 460 g/mol. The molecule has 0 aliphatic carbocycles. The molecule has 0 radical (unpaired) electrons. The summed E-state index contributed by atoms with van der Waals surface area (Å²) in [5.74, 6) is -0.143. The first-order valence-corrected chi connectivity index (χ1v) is 12.6. The van der Waals surface area contributed by atoms with Crippen LogP contribution in [-0.4, -0.2) is 72.7 Å². The van der Waals surface area contributed by atoms with Crippen molar-refractivity contribution in [3.63, 3.8) is 0 Å². The zero-order valence-corrected chi connectivity index (χ0v) is 20.7. The monoisotopic (exact) mass is 490 g/mol. The maximum Gasteiger partial charge on any atom is 0.320 e. The summed E-state index contributed by atoms with van der Waals surface area (Å²) >= 11 is 6.18. The van der Waals surface area contributed by atoms with Gasteiger partial charge < -0.3 is 15.0 Å². The van der Waals surface area contributed by atoms with Gasteiger partial charge in [-0.3, -0.25) is 14.6 Å². The Kier molecular flexibility index (Phi) is 7.23. The average molecular weight is 491 g/mol. The van der Waals surface area contributed by atoms with E-state index in [1.165, 1.54) is 16.8 Å². The second-order valence-corrected chi connectivity index (χ2v) is 9.43. The number of carbonyl (C=O) groups is 1. The summed E-state index contributed by atoms with van der Waals surface area (Å²) in [6, 6.07) is 18.5. The number of fused-ring (bicyclic) bond motifs is 1. The van der Waals surface area contributed by atoms with Gasteiger partial charge in [-0.25, -0.2) is 0 Å². The zero-order valence-electron chi connectivity index (χ0n) is 20.0. The van der Waals surface area contributed by atoms with Crippen molar-refractivity contribution in [2.75, 3.05) is 45.9 Å². The third-order valence-electron chi connectivity index (χ3n) is 6.66. The fraction of sp³-hybridized carbons (Fsp3) is 0.321. The maximum absolute atomic E-state index is 11.9. The molecule has 0 saturated carbocycles. The van der Waals surface area contributed by atoms with Crippen molar-refractivity contribution in [1.82, 2.24) is 20.0 Å². The number of nitrogens with zero attached hydrogens (tertiary/aromatic N) is 3. The predicted molar refractivity (Wildman–Crippen MR) is 140 cm³/mol. The van der Waals surface area contributed by atoms with Crippen molar-refractivity contribution >= 4 is 28.8 Å². The van der Waals surface area contributed by atoms with Gasteiger partial charge in [0.25, 0.3) is 0 Å². The summed E-state index contributed by atoms with van der Waals surface area (Å²) in [5.41, 5.74) is 5.90. The minimum atomic E-state index is -0.143. The van der Waals surface area contributed by atoms with E-state index >= 15 is 0 Å². The maximum atomic E-state index is 11.9. The Morgan fingerprint density at radius 2 is 1.71 bits per heavy atom. The van der Waals surface area contributed by atoms with Crippen molar-refractivity contribution in [3.8, 4) is 0 Å². The van der Waals surface area contributed by atoms with Crippen LogP contribution in [0.25, 0.3) is 11.3 Å². The molecule has 182 valence electrons. The molecule has 3 aliphatic heterocycles. The molecule has 0 amide bonds. The van der Waals surface area contributed by atoms with Gasteiger partial charge in [-0.2, -0.15) is 0 Å². The van der Waals surface area contributed by atoms with E-state index in [1.807, 2.05) is 25.1 Å². The third-order valence-corrected chi connectivity index (χ3v) is 6.92. The highest BCUT2D eigenvalue weighted by Crippen LogP contribution is 2.34. The molecule has 2 aromatic carbocycles. The normalized spacial score (nSPS) is 20.5. The number of hydrogen-bond acceptors (Lipinski definition) is 6. The molecule has 0 aromatic heterocycles. The Morgan fingerprint density at radius 1 is 1.00 bits per heavy atom. The molecule has 1 atom stereocenters. The zero-order chi connectivity index (χ0) is 24.2. The van der Waals surface area contributed by atoms with E-state index in [0.717, 1.165) is 49.0 Å². The molecule has 3 heterocycles. The molecule has 1 N–H and O–H groups in total. The average Bonchev–Trinajstić information content (AvgIpc) is 3.24. The second kappa shape index (κ2) is 10.7. The van der Waals surface area contributed by atoms with Gasteiger partial charge in [-0.05, 0) is 41.8 Å². The predicted octanol–water partition coefficient (Wildman–Crippen LogP) is 4.03. The van der Waals surface area contributed by atoms with Gasteiger partial charge in [0.15, 0.2) is 0 Å². The molecule has 0 spiro atoms. The summed E-state index contributed by atoms with van der Waals surface area (Å²) in [4.78, 5) is 18.9. The molecule has 1 saturated heterocycles. The molecule has 0 bridgehead atoms. The van der Waals surface area contributed by atoms with Crippen LogP contribution >= 0.6 is 11.6 Å². The van der Waals surface area contributed by atoms with Crippen LogP contribution in [0.15, 0.2) is 78.6 Å². The van der Waals surface area contributed by atoms with Gasteiger partial charge >= 0.3 is 5.97 Å². The van der Waals surface area contributed by atoms with Crippen LogP contribution in [0.4, 0.5) is 0 Å². The van der Waals surface area contributed by atoms with E-state index in [0.29, 0.717) is 13.2 Å². The minimum Gasteiger partial charge on any atom is -0.465 e. The molecule has 3 aliphatic rings. The van der Waals surface area contributed by atoms with Crippen LogP contribution in [0.3, 0.4) is 0 Å². The van der Waals surface area contributed by atoms with Crippen LogP contribution in [0, 0.1) is 0 Å². The fourth-order valence-corrected chi connectivity index (χ4v) is 4.95. The number of nitrogens with one attached hydrogen (secondary N) is 1.